The Hall–Kier alpha value is -2.51. The van der Waals surface area contributed by atoms with Crippen LogP contribution in [0.4, 0.5) is 0 Å². The van der Waals surface area contributed by atoms with Gasteiger partial charge in [-0.05, 0) is 29.3 Å². The first-order valence-corrected chi connectivity index (χ1v) is 9.28. The molecule has 3 unspecified atom stereocenters. The second kappa shape index (κ2) is 11.2. The molecule has 0 aliphatic carbocycles. The molecule has 0 spiro atoms. The number of esters is 1. The van der Waals surface area contributed by atoms with Gasteiger partial charge in [-0.2, -0.15) is 0 Å². The Bertz CT molecular complexity index is 791. The molecular formula is C20H26O11. The van der Waals surface area contributed by atoms with Crippen LogP contribution in [0, 0.1) is 0 Å². The summed E-state index contributed by atoms with van der Waals surface area (Å²) >= 11 is 0. The van der Waals surface area contributed by atoms with Crippen LogP contribution in [0.3, 0.4) is 0 Å². The largest absolute Gasteiger partial charge is 0.504 e. The van der Waals surface area contributed by atoms with E-state index in [1.165, 1.54) is 24.3 Å². The van der Waals surface area contributed by atoms with Gasteiger partial charge in [0.2, 0.25) is 0 Å². The average Bonchev–Trinajstić information content (AvgIpc) is 2.75. The van der Waals surface area contributed by atoms with Gasteiger partial charge < -0.3 is 50.0 Å². The lowest BCUT2D eigenvalue weighted by atomic mass is 9.99. The Morgan fingerprint density at radius 1 is 1.16 bits per heavy atom. The van der Waals surface area contributed by atoms with Crippen molar-refractivity contribution in [3.05, 3.63) is 42.0 Å². The lowest BCUT2D eigenvalue weighted by Gasteiger charge is -2.39. The summed E-state index contributed by atoms with van der Waals surface area (Å²) in [6.45, 7) is 2.19. The number of aromatic hydroxyl groups is 2. The number of hydrogen-bond donors (Lipinski definition) is 7. The first-order chi connectivity index (χ1) is 14.6. The highest BCUT2D eigenvalue weighted by Crippen LogP contribution is 2.25. The summed E-state index contributed by atoms with van der Waals surface area (Å²) < 4.78 is 15.3. The molecule has 0 aromatic heterocycles. The van der Waals surface area contributed by atoms with E-state index in [1.807, 2.05) is 0 Å². The van der Waals surface area contributed by atoms with Crippen molar-refractivity contribution in [3.63, 3.8) is 0 Å². The van der Waals surface area contributed by atoms with Gasteiger partial charge in [-0.1, -0.05) is 12.6 Å². The predicted molar refractivity (Wildman–Crippen MR) is 105 cm³/mol. The fourth-order valence-corrected chi connectivity index (χ4v) is 2.63. The second-order valence-corrected chi connectivity index (χ2v) is 6.89. The summed E-state index contributed by atoms with van der Waals surface area (Å²) in [6, 6.07) is 3.98. The van der Waals surface area contributed by atoms with Crippen LogP contribution in [0.1, 0.15) is 5.56 Å². The molecule has 1 heterocycles. The van der Waals surface area contributed by atoms with E-state index >= 15 is 0 Å². The number of ether oxygens (including phenoxy) is 3. The van der Waals surface area contributed by atoms with Crippen LogP contribution >= 0.6 is 0 Å². The molecule has 1 aromatic carbocycles. The Morgan fingerprint density at radius 2 is 1.87 bits per heavy atom. The van der Waals surface area contributed by atoms with Gasteiger partial charge in [0.05, 0.1) is 13.2 Å². The van der Waals surface area contributed by atoms with Crippen molar-refractivity contribution in [1.29, 1.82) is 0 Å². The van der Waals surface area contributed by atoms with Gasteiger partial charge in [0.15, 0.2) is 17.8 Å². The molecule has 31 heavy (non-hydrogen) atoms. The SMILES string of the molecule is C=C(COC(=O)/C=C/c1ccc(O)c(O)c1)C(O)CO[C@@H]1OC(CO)[C@H](O)[C@H](O)C1O. The minimum Gasteiger partial charge on any atom is -0.504 e. The van der Waals surface area contributed by atoms with E-state index in [9.17, 15) is 35.4 Å². The highest BCUT2D eigenvalue weighted by atomic mass is 16.7. The average molecular weight is 442 g/mol. The van der Waals surface area contributed by atoms with Gasteiger partial charge in [-0.15, -0.1) is 0 Å². The number of carbonyl (C=O) groups is 1. The molecule has 1 aromatic rings. The molecule has 0 saturated carbocycles. The highest BCUT2D eigenvalue weighted by Gasteiger charge is 2.44. The Kier molecular flexibility index (Phi) is 8.95. The molecule has 11 heteroatoms. The first kappa shape index (κ1) is 24.8. The van der Waals surface area contributed by atoms with E-state index in [-0.39, 0.29) is 23.7 Å². The van der Waals surface area contributed by atoms with Gasteiger partial charge in [0.25, 0.3) is 0 Å². The molecule has 1 saturated heterocycles. The van der Waals surface area contributed by atoms with E-state index in [0.29, 0.717) is 5.56 Å². The second-order valence-electron chi connectivity index (χ2n) is 6.89. The van der Waals surface area contributed by atoms with Crippen LogP contribution < -0.4 is 0 Å². The maximum Gasteiger partial charge on any atom is 0.331 e. The van der Waals surface area contributed by atoms with Gasteiger partial charge in [-0.25, -0.2) is 4.79 Å². The molecule has 1 fully saturated rings. The molecular weight excluding hydrogens is 416 g/mol. The fraction of sp³-hybridized carbons (Fsp3) is 0.450. The van der Waals surface area contributed by atoms with Gasteiger partial charge >= 0.3 is 5.97 Å². The maximum absolute atomic E-state index is 11.8. The predicted octanol–water partition coefficient (Wildman–Crippen LogP) is -1.61. The highest BCUT2D eigenvalue weighted by molar-refractivity contribution is 5.87. The third-order valence-corrected chi connectivity index (χ3v) is 4.55. The van der Waals surface area contributed by atoms with Gasteiger partial charge in [0.1, 0.15) is 37.1 Å². The molecule has 1 aliphatic heterocycles. The van der Waals surface area contributed by atoms with Crippen LogP contribution in [0.15, 0.2) is 36.4 Å². The topological polar surface area (TPSA) is 186 Å². The van der Waals surface area contributed by atoms with E-state index in [4.69, 9.17) is 19.3 Å². The molecule has 2 rings (SSSR count). The molecule has 6 atom stereocenters. The summed E-state index contributed by atoms with van der Waals surface area (Å²) in [6.07, 6.45) is -6.19. The molecule has 0 bridgehead atoms. The van der Waals surface area contributed by atoms with Crippen molar-refractivity contribution in [1.82, 2.24) is 0 Å². The minimum atomic E-state index is -1.61. The van der Waals surface area contributed by atoms with E-state index in [0.717, 1.165) is 6.08 Å². The number of aliphatic hydroxyl groups is 5. The quantitative estimate of drug-likeness (QED) is 0.101. The van der Waals surface area contributed by atoms with Crippen molar-refractivity contribution in [3.8, 4) is 11.5 Å². The number of benzene rings is 1. The number of phenols is 2. The molecule has 11 nitrogen and oxygen atoms in total. The van der Waals surface area contributed by atoms with Crippen LogP contribution in [0.5, 0.6) is 11.5 Å². The van der Waals surface area contributed by atoms with E-state index in [1.54, 1.807) is 0 Å². The number of phenolic OH excluding ortho intramolecular Hbond substituents is 2. The number of aliphatic hydroxyl groups excluding tert-OH is 5. The zero-order chi connectivity index (χ0) is 23.1. The number of rotatable bonds is 9. The van der Waals surface area contributed by atoms with E-state index in [2.05, 4.69) is 6.58 Å². The zero-order valence-electron chi connectivity index (χ0n) is 16.4. The van der Waals surface area contributed by atoms with Crippen LogP contribution in [-0.2, 0) is 19.0 Å². The third kappa shape index (κ3) is 6.74. The maximum atomic E-state index is 11.8. The van der Waals surface area contributed by atoms with E-state index < -0.39 is 56.0 Å². The van der Waals surface area contributed by atoms with Crippen molar-refractivity contribution in [2.24, 2.45) is 0 Å². The number of carbonyl (C=O) groups excluding carboxylic acids is 1. The zero-order valence-corrected chi connectivity index (χ0v) is 16.4. The molecule has 7 N–H and O–H groups in total. The summed E-state index contributed by atoms with van der Waals surface area (Å²) in [5, 5.41) is 67.2. The van der Waals surface area contributed by atoms with Crippen molar-refractivity contribution in [2.45, 2.75) is 36.8 Å². The molecule has 0 amide bonds. The van der Waals surface area contributed by atoms with Crippen LogP contribution in [0.2, 0.25) is 0 Å². The lowest BCUT2D eigenvalue weighted by molar-refractivity contribution is -0.303. The lowest BCUT2D eigenvalue weighted by Crippen LogP contribution is -2.59. The third-order valence-electron chi connectivity index (χ3n) is 4.55. The standard InChI is InChI=1S/C20H26O11/c1-10(8-29-16(25)5-3-11-2-4-12(22)13(23)6-11)14(24)9-30-20-19(28)18(27)17(26)15(7-21)31-20/h2-6,14-15,17-24,26-28H,1,7-9H2/b5-3+/t14?,15?,17-,18-,19?,20+/m0/s1. The summed E-state index contributed by atoms with van der Waals surface area (Å²) in [5.41, 5.74) is 0.521. The smallest absolute Gasteiger partial charge is 0.331 e. The minimum absolute atomic E-state index is 0.0774. The van der Waals surface area contributed by atoms with Gasteiger partial charge in [-0.3, -0.25) is 0 Å². The molecule has 1 aliphatic rings. The summed E-state index contributed by atoms with van der Waals surface area (Å²) in [5.74, 6) is -1.39. The Morgan fingerprint density at radius 3 is 2.52 bits per heavy atom. The molecule has 0 radical (unpaired) electrons. The monoisotopic (exact) mass is 442 g/mol. The van der Waals surface area contributed by atoms with Crippen LogP contribution in [0.25, 0.3) is 6.08 Å². The summed E-state index contributed by atoms with van der Waals surface area (Å²) in [7, 11) is 0. The van der Waals surface area contributed by atoms with Gasteiger partial charge in [0, 0.05) is 6.08 Å². The Labute approximate surface area is 177 Å². The molecule has 172 valence electrons. The Balaban J connectivity index is 1.78. The number of hydrogen-bond acceptors (Lipinski definition) is 11. The fourth-order valence-electron chi connectivity index (χ4n) is 2.63. The first-order valence-electron chi connectivity index (χ1n) is 9.28. The van der Waals surface area contributed by atoms with Crippen molar-refractivity contribution >= 4 is 12.0 Å². The van der Waals surface area contributed by atoms with Crippen molar-refractivity contribution < 1.29 is 54.8 Å². The van der Waals surface area contributed by atoms with Crippen molar-refractivity contribution in [2.75, 3.05) is 19.8 Å². The summed E-state index contributed by atoms with van der Waals surface area (Å²) in [4.78, 5) is 11.8. The van der Waals surface area contributed by atoms with Crippen LogP contribution in [-0.4, -0.2) is 98.3 Å². The normalized spacial score (nSPS) is 27.2.